The Hall–Kier alpha value is -2.27. The second-order valence-electron chi connectivity index (χ2n) is 7.55. The summed E-state index contributed by atoms with van der Waals surface area (Å²) >= 11 is 2.90. The zero-order valence-electron chi connectivity index (χ0n) is 17.9. The van der Waals surface area contributed by atoms with Gasteiger partial charge in [0.15, 0.2) is 5.13 Å². The number of rotatable bonds is 7. The lowest BCUT2D eigenvalue weighted by atomic mass is 10.2. The molecule has 0 spiro atoms. The molecule has 0 saturated carbocycles. The zero-order chi connectivity index (χ0) is 22.7. The molecule has 0 N–H and O–H groups in total. The van der Waals surface area contributed by atoms with Crippen LogP contribution in [-0.2, 0) is 20.6 Å². The van der Waals surface area contributed by atoms with Gasteiger partial charge in [-0.05, 0) is 49.6 Å². The molecule has 1 fully saturated rings. The molecule has 1 aliphatic heterocycles. The van der Waals surface area contributed by atoms with Gasteiger partial charge in [-0.25, -0.2) is 18.4 Å². The molecule has 3 heterocycles. The Morgan fingerprint density at radius 2 is 2.00 bits per heavy atom. The molecular formula is C22H24N4O3S3. The topological polar surface area (TPSA) is 83.5 Å². The zero-order valence-corrected chi connectivity index (χ0v) is 20.3. The van der Waals surface area contributed by atoms with Crippen LogP contribution in [0.5, 0.6) is 0 Å². The Balaban J connectivity index is 1.43. The summed E-state index contributed by atoms with van der Waals surface area (Å²) in [6.45, 7) is 4.66. The third-order valence-corrected chi connectivity index (χ3v) is 8.82. The number of thiazole rings is 1. The Morgan fingerprint density at radius 1 is 1.22 bits per heavy atom. The predicted octanol–water partition coefficient (Wildman–Crippen LogP) is 4.61. The Morgan fingerprint density at radius 3 is 2.66 bits per heavy atom. The maximum atomic E-state index is 12.6. The number of hydrogen-bond donors (Lipinski definition) is 0. The molecule has 4 rings (SSSR count). The summed E-state index contributed by atoms with van der Waals surface area (Å²) < 4.78 is 26.8. The highest BCUT2D eigenvalue weighted by atomic mass is 32.2. The second-order valence-corrected chi connectivity index (χ2v) is 11.3. The third kappa shape index (κ3) is 5.03. The van der Waals surface area contributed by atoms with E-state index in [0.29, 0.717) is 24.0 Å². The van der Waals surface area contributed by atoms with E-state index in [1.54, 1.807) is 17.0 Å². The van der Waals surface area contributed by atoms with Gasteiger partial charge in [0.25, 0.3) is 0 Å². The van der Waals surface area contributed by atoms with Crippen LogP contribution in [-0.4, -0.2) is 41.7 Å². The molecule has 168 valence electrons. The van der Waals surface area contributed by atoms with Crippen molar-refractivity contribution in [2.75, 3.05) is 18.0 Å². The van der Waals surface area contributed by atoms with Crippen molar-refractivity contribution in [3.63, 3.8) is 0 Å². The standard InChI is InChI=1S/C22H24N4O3S3/c1-16-6-5-7-19(12-16)26(17(2)27)22-24-18(15-31-22)14-30-21-9-8-20(13-23-21)32(28,29)25-10-3-4-11-25/h5-9,12-13,15H,3-4,10-11,14H2,1-2H3. The molecule has 0 bridgehead atoms. The van der Waals surface area contributed by atoms with Crippen molar-refractivity contribution in [1.82, 2.24) is 14.3 Å². The van der Waals surface area contributed by atoms with E-state index in [1.165, 1.54) is 40.5 Å². The number of thioether (sulfide) groups is 1. The SMILES string of the molecule is CC(=O)N(c1cccc(C)c1)c1nc(CSc2ccc(S(=O)(=O)N3CCCC3)cn2)cs1. The monoisotopic (exact) mass is 488 g/mol. The minimum Gasteiger partial charge on any atom is -0.274 e. The van der Waals surface area contributed by atoms with Crippen LogP contribution in [0, 0.1) is 6.92 Å². The second kappa shape index (κ2) is 9.70. The maximum absolute atomic E-state index is 12.6. The van der Waals surface area contributed by atoms with Gasteiger partial charge in [-0.3, -0.25) is 9.69 Å². The first kappa shape index (κ1) is 22.9. The lowest BCUT2D eigenvalue weighted by molar-refractivity contribution is -0.115. The van der Waals surface area contributed by atoms with Crippen LogP contribution in [0.4, 0.5) is 10.8 Å². The number of carbonyl (C=O) groups is 1. The van der Waals surface area contributed by atoms with Gasteiger partial charge in [0.2, 0.25) is 15.9 Å². The van der Waals surface area contributed by atoms with Crippen molar-refractivity contribution in [3.05, 3.63) is 59.2 Å². The number of hydrogen-bond acceptors (Lipinski definition) is 7. The van der Waals surface area contributed by atoms with Crippen molar-refractivity contribution in [1.29, 1.82) is 0 Å². The number of pyridine rings is 1. The van der Waals surface area contributed by atoms with Crippen LogP contribution >= 0.6 is 23.1 Å². The Bertz CT molecular complexity index is 1200. The molecule has 1 saturated heterocycles. The summed E-state index contributed by atoms with van der Waals surface area (Å²) in [7, 11) is -3.45. The molecule has 1 aromatic carbocycles. The summed E-state index contributed by atoms with van der Waals surface area (Å²) in [6.07, 6.45) is 3.24. The minimum absolute atomic E-state index is 0.0966. The average molecular weight is 489 g/mol. The van der Waals surface area contributed by atoms with Crippen molar-refractivity contribution >= 4 is 49.8 Å². The van der Waals surface area contributed by atoms with Gasteiger partial charge in [0.1, 0.15) is 4.90 Å². The molecule has 10 heteroatoms. The lowest BCUT2D eigenvalue weighted by Crippen LogP contribution is -2.27. The highest BCUT2D eigenvalue weighted by Crippen LogP contribution is 2.31. The van der Waals surface area contributed by atoms with Gasteiger partial charge in [-0.2, -0.15) is 4.31 Å². The first-order chi connectivity index (χ1) is 15.3. The quantitative estimate of drug-likeness (QED) is 0.452. The van der Waals surface area contributed by atoms with Crippen LogP contribution in [0.15, 0.2) is 57.9 Å². The van der Waals surface area contributed by atoms with E-state index < -0.39 is 10.0 Å². The van der Waals surface area contributed by atoms with Gasteiger partial charge in [0, 0.05) is 37.3 Å². The molecule has 1 amide bonds. The number of carbonyl (C=O) groups excluding carboxylic acids is 1. The predicted molar refractivity (Wildman–Crippen MR) is 128 cm³/mol. The molecule has 0 radical (unpaired) electrons. The molecule has 0 unspecified atom stereocenters. The molecule has 32 heavy (non-hydrogen) atoms. The van der Waals surface area contributed by atoms with E-state index in [1.807, 2.05) is 36.6 Å². The number of nitrogens with zero attached hydrogens (tertiary/aromatic N) is 4. The highest BCUT2D eigenvalue weighted by Gasteiger charge is 2.27. The molecule has 7 nitrogen and oxygen atoms in total. The summed E-state index contributed by atoms with van der Waals surface area (Å²) in [5.41, 5.74) is 2.70. The van der Waals surface area contributed by atoms with E-state index in [9.17, 15) is 13.2 Å². The number of sulfonamides is 1. The van der Waals surface area contributed by atoms with Crippen molar-refractivity contribution in [3.8, 4) is 0 Å². The van der Waals surface area contributed by atoms with E-state index in [0.717, 1.165) is 34.8 Å². The molecule has 2 aromatic heterocycles. The number of anilines is 2. The molecular weight excluding hydrogens is 464 g/mol. The number of benzene rings is 1. The van der Waals surface area contributed by atoms with Crippen LogP contribution < -0.4 is 4.90 Å². The largest absolute Gasteiger partial charge is 0.274 e. The van der Waals surface area contributed by atoms with Crippen molar-refractivity contribution in [2.24, 2.45) is 0 Å². The normalized spacial score (nSPS) is 14.6. The highest BCUT2D eigenvalue weighted by molar-refractivity contribution is 7.98. The van der Waals surface area contributed by atoms with Gasteiger partial charge < -0.3 is 0 Å². The molecule has 0 atom stereocenters. The molecule has 1 aliphatic rings. The molecule has 3 aromatic rings. The maximum Gasteiger partial charge on any atom is 0.244 e. The van der Waals surface area contributed by atoms with E-state index >= 15 is 0 Å². The Labute approximate surface area is 196 Å². The summed E-state index contributed by atoms with van der Waals surface area (Å²) in [5.74, 6) is 0.474. The summed E-state index contributed by atoms with van der Waals surface area (Å²) in [5, 5.41) is 3.28. The third-order valence-electron chi connectivity index (χ3n) is 5.09. The lowest BCUT2D eigenvalue weighted by Gasteiger charge is -2.18. The van der Waals surface area contributed by atoms with Crippen molar-refractivity contribution in [2.45, 2.75) is 42.4 Å². The van der Waals surface area contributed by atoms with Gasteiger partial charge in [0.05, 0.1) is 16.4 Å². The fourth-order valence-electron chi connectivity index (χ4n) is 3.49. The Kier molecular flexibility index (Phi) is 6.94. The summed E-state index contributed by atoms with van der Waals surface area (Å²) in [6, 6.07) is 11.1. The smallest absolute Gasteiger partial charge is 0.244 e. The van der Waals surface area contributed by atoms with Crippen LogP contribution in [0.2, 0.25) is 0 Å². The van der Waals surface area contributed by atoms with Crippen LogP contribution in [0.1, 0.15) is 31.0 Å². The van der Waals surface area contributed by atoms with Gasteiger partial charge >= 0.3 is 0 Å². The van der Waals surface area contributed by atoms with E-state index in [2.05, 4.69) is 9.97 Å². The van der Waals surface area contributed by atoms with Crippen LogP contribution in [0.25, 0.3) is 0 Å². The molecule has 0 aliphatic carbocycles. The minimum atomic E-state index is -3.45. The number of amides is 1. The summed E-state index contributed by atoms with van der Waals surface area (Å²) in [4.78, 5) is 23.1. The van der Waals surface area contributed by atoms with E-state index in [-0.39, 0.29) is 10.8 Å². The fraction of sp³-hybridized carbons (Fsp3) is 0.318. The number of aromatic nitrogens is 2. The fourth-order valence-corrected chi connectivity index (χ4v) is 6.68. The van der Waals surface area contributed by atoms with E-state index in [4.69, 9.17) is 0 Å². The first-order valence-electron chi connectivity index (χ1n) is 10.3. The van der Waals surface area contributed by atoms with Crippen LogP contribution in [0.3, 0.4) is 0 Å². The van der Waals surface area contributed by atoms with Gasteiger partial charge in [-0.15, -0.1) is 23.1 Å². The van der Waals surface area contributed by atoms with Gasteiger partial charge in [-0.1, -0.05) is 12.1 Å². The average Bonchev–Trinajstić information content (AvgIpc) is 3.46. The number of aryl methyl sites for hydroxylation is 1. The van der Waals surface area contributed by atoms with Crippen molar-refractivity contribution < 1.29 is 13.2 Å². The first-order valence-corrected chi connectivity index (χ1v) is 13.6.